The predicted molar refractivity (Wildman–Crippen MR) is 49.2 cm³/mol. The highest BCUT2D eigenvalue weighted by atomic mass is 19.4. The van der Waals surface area contributed by atoms with E-state index in [0.29, 0.717) is 11.5 Å². The van der Waals surface area contributed by atoms with Gasteiger partial charge in [0.15, 0.2) is 0 Å². The molecule has 0 spiro atoms. The van der Waals surface area contributed by atoms with Crippen molar-refractivity contribution < 1.29 is 12.9 Å². The summed E-state index contributed by atoms with van der Waals surface area (Å²) in [7, 11) is 0. The van der Waals surface area contributed by atoms with Crippen LogP contribution in [0.3, 0.4) is 0 Å². The largest absolute Gasteiger partial charge is 0.502 e. The van der Waals surface area contributed by atoms with Gasteiger partial charge in [-0.25, -0.2) is 0 Å². The summed E-state index contributed by atoms with van der Waals surface area (Å²) in [6.07, 6.45) is 0. The Balaban J connectivity index is 2.92. The zero-order chi connectivity index (χ0) is 9.90. The molecule has 1 aromatic carbocycles. The third kappa shape index (κ3) is 3.36. The summed E-state index contributed by atoms with van der Waals surface area (Å²) in [6.45, 7) is -3.37. The van der Waals surface area contributed by atoms with Crippen LogP contribution >= 0.6 is 0 Å². The molecule has 0 fully saturated rings. The van der Waals surface area contributed by atoms with Crippen molar-refractivity contribution in [3.63, 3.8) is 0 Å². The SMILES string of the molecule is C/C(=C\[B-](F)(F)F)c1ccccc1. The first-order valence-electron chi connectivity index (χ1n) is 3.94. The zero-order valence-corrected chi connectivity index (χ0v) is 7.18. The Morgan fingerprint density at radius 3 is 2.15 bits per heavy atom. The quantitative estimate of drug-likeness (QED) is 0.618. The van der Waals surface area contributed by atoms with E-state index in [4.69, 9.17) is 0 Å². The van der Waals surface area contributed by atoms with Crippen LogP contribution < -0.4 is 0 Å². The van der Waals surface area contributed by atoms with Gasteiger partial charge in [0.05, 0.1) is 0 Å². The minimum Gasteiger partial charge on any atom is -0.445 e. The summed E-state index contributed by atoms with van der Waals surface area (Å²) in [5.74, 6) is 0.370. The molecule has 70 valence electrons. The summed E-state index contributed by atoms with van der Waals surface area (Å²) < 4.78 is 35.9. The first-order chi connectivity index (χ1) is 5.99. The molecule has 0 N–H and O–H groups in total. The molecule has 13 heavy (non-hydrogen) atoms. The van der Waals surface area contributed by atoms with Crippen molar-refractivity contribution in [1.82, 2.24) is 0 Å². The highest BCUT2D eigenvalue weighted by Gasteiger charge is 2.18. The average molecular weight is 185 g/mol. The van der Waals surface area contributed by atoms with Gasteiger partial charge in [0.2, 0.25) is 0 Å². The summed E-state index contributed by atoms with van der Waals surface area (Å²) in [4.78, 5) is 0. The number of benzene rings is 1. The minimum atomic E-state index is -4.83. The molecule has 0 nitrogen and oxygen atoms in total. The highest BCUT2D eigenvalue weighted by Crippen LogP contribution is 2.19. The molecule has 1 aromatic rings. The van der Waals surface area contributed by atoms with Crippen molar-refractivity contribution >= 4 is 12.6 Å². The predicted octanol–water partition coefficient (Wildman–Crippen LogP) is 3.48. The van der Waals surface area contributed by atoms with Crippen molar-refractivity contribution in [1.29, 1.82) is 0 Å². The van der Waals surface area contributed by atoms with Gasteiger partial charge in [0.25, 0.3) is 0 Å². The normalized spacial score (nSPS) is 13.1. The third-order valence-corrected chi connectivity index (χ3v) is 1.67. The maximum atomic E-state index is 12.0. The van der Waals surface area contributed by atoms with Gasteiger partial charge < -0.3 is 12.9 Å². The topological polar surface area (TPSA) is 0 Å². The molecular weight excluding hydrogens is 176 g/mol. The Hall–Kier alpha value is -1.19. The molecule has 1 rings (SSSR count). The fourth-order valence-electron chi connectivity index (χ4n) is 1.08. The number of halogens is 3. The maximum absolute atomic E-state index is 12.0. The second-order valence-corrected chi connectivity index (χ2v) is 2.84. The summed E-state index contributed by atoms with van der Waals surface area (Å²) >= 11 is 0. The van der Waals surface area contributed by atoms with Gasteiger partial charge in [-0.15, -0.1) is 5.98 Å². The van der Waals surface area contributed by atoms with Crippen molar-refractivity contribution in [3.8, 4) is 0 Å². The van der Waals surface area contributed by atoms with E-state index in [1.54, 1.807) is 30.3 Å². The van der Waals surface area contributed by atoms with Crippen LogP contribution in [0.4, 0.5) is 12.9 Å². The van der Waals surface area contributed by atoms with Crippen LogP contribution in [0, 0.1) is 0 Å². The number of hydrogen-bond donors (Lipinski definition) is 0. The molecule has 0 unspecified atom stereocenters. The van der Waals surface area contributed by atoms with Gasteiger partial charge in [0.1, 0.15) is 0 Å². The molecule has 0 aliphatic heterocycles. The van der Waals surface area contributed by atoms with Crippen LogP contribution in [-0.4, -0.2) is 6.98 Å². The molecule has 0 aliphatic carbocycles. The molecule has 0 heterocycles. The lowest BCUT2D eigenvalue weighted by Gasteiger charge is -2.10. The zero-order valence-electron chi connectivity index (χ0n) is 7.18. The molecular formula is C9H9BF3-. The van der Waals surface area contributed by atoms with Crippen molar-refractivity contribution in [2.45, 2.75) is 6.92 Å². The molecule has 0 aromatic heterocycles. The molecule has 0 saturated carbocycles. The first-order valence-corrected chi connectivity index (χ1v) is 3.94. The number of hydrogen-bond acceptors (Lipinski definition) is 0. The number of allylic oxidation sites excluding steroid dienone is 1. The average Bonchev–Trinajstić information content (AvgIpc) is 2.03. The van der Waals surface area contributed by atoms with E-state index in [9.17, 15) is 12.9 Å². The fourth-order valence-corrected chi connectivity index (χ4v) is 1.08. The van der Waals surface area contributed by atoms with Crippen LogP contribution in [0.5, 0.6) is 0 Å². The molecule has 0 saturated heterocycles. The standard InChI is InChI=1S/C9H9BF3/c1-8(7-10(11,12)13)9-5-3-2-4-6-9/h2-7H,1H3/q-1/b8-7+. The second-order valence-electron chi connectivity index (χ2n) is 2.84. The Labute approximate surface area is 75.1 Å². The van der Waals surface area contributed by atoms with E-state index in [0.717, 1.165) is 0 Å². The monoisotopic (exact) mass is 185 g/mol. The van der Waals surface area contributed by atoms with E-state index in [-0.39, 0.29) is 5.57 Å². The lowest BCUT2D eigenvalue weighted by atomic mass is 9.87. The van der Waals surface area contributed by atoms with Crippen LogP contribution in [0.2, 0.25) is 0 Å². The van der Waals surface area contributed by atoms with Crippen LogP contribution in [0.1, 0.15) is 12.5 Å². The van der Waals surface area contributed by atoms with Gasteiger partial charge in [-0.2, -0.15) is 0 Å². The van der Waals surface area contributed by atoms with E-state index >= 15 is 0 Å². The molecule has 4 heteroatoms. The molecule has 0 atom stereocenters. The lowest BCUT2D eigenvalue weighted by molar-refractivity contribution is 0.499. The van der Waals surface area contributed by atoms with Crippen LogP contribution in [-0.2, 0) is 0 Å². The summed E-state index contributed by atoms with van der Waals surface area (Å²) in [6, 6.07) is 8.53. The van der Waals surface area contributed by atoms with Gasteiger partial charge in [-0.1, -0.05) is 35.9 Å². The highest BCUT2D eigenvalue weighted by molar-refractivity contribution is 6.65. The molecule has 0 bridgehead atoms. The van der Waals surface area contributed by atoms with Crippen molar-refractivity contribution in [2.24, 2.45) is 0 Å². The van der Waals surface area contributed by atoms with E-state index in [1.807, 2.05) is 0 Å². The molecule has 0 amide bonds. The smallest absolute Gasteiger partial charge is 0.445 e. The third-order valence-electron chi connectivity index (χ3n) is 1.67. The molecule has 0 radical (unpaired) electrons. The van der Waals surface area contributed by atoms with E-state index in [1.165, 1.54) is 6.92 Å². The lowest BCUT2D eigenvalue weighted by Crippen LogP contribution is -2.10. The van der Waals surface area contributed by atoms with Crippen molar-refractivity contribution in [2.75, 3.05) is 0 Å². The van der Waals surface area contributed by atoms with E-state index in [2.05, 4.69) is 0 Å². The summed E-state index contributed by atoms with van der Waals surface area (Å²) in [5.41, 5.74) is 0.870. The van der Waals surface area contributed by atoms with Crippen molar-refractivity contribution in [3.05, 3.63) is 41.9 Å². The van der Waals surface area contributed by atoms with Crippen LogP contribution in [0.15, 0.2) is 36.3 Å². The second kappa shape index (κ2) is 3.68. The Morgan fingerprint density at radius 1 is 1.15 bits per heavy atom. The Kier molecular flexibility index (Phi) is 2.81. The Bertz CT molecular complexity index is 300. The van der Waals surface area contributed by atoms with Crippen LogP contribution in [0.25, 0.3) is 5.57 Å². The van der Waals surface area contributed by atoms with Gasteiger partial charge in [-0.05, 0) is 12.5 Å². The number of rotatable bonds is 2. The minimum absolute atomic E-state index is 0.258. The molecule has 0 aliphatic rings. The first kappa shape index (κ1) is 9.90. The van der Waals surface area contributed by atoms with Gasteiger partial charge >= 0.3 is 6.98 Å². The van der Waals surface area contributed by atoms with E-state index < -0.39 is 6.98 Å². The maximum Gasteiger partial charge on any atom is 0.502 e. The fraction of sp³-hybridized carbons (Fsp3) is 0.111. The van der Waals surface area contributed by atoms with Gasteiger partial charge in [-0.3, -0.25) is 0 Å². The van der Waals surface area contributed by atoms with Gasteiger partial charge in [0, 0.05) is 0 Å². The Morgan fingerprint density at radius 2 is 1.69 bits per heavy atom. The summed E-state index contributed by atoms with van der Waals surface area (Å²) in [5, 5.41) is 0.